The number of anilines is 3. The number of halogens is 1. The van der Waals surface area contributed by atoms with Crippen molar-refractivity contribution in [2.24, 2.45) is 0 Å². The first-order valence-corrected chi connectivity index (χ1v) is 10.4. The molecule has 10 nitrogen and oxygen atoms in total. The number of hydroxylamine groups is 1. The monoisotopic (exact) mass is 447 g/mol. The van der Waals surface area contributed by atoms with Gasteiger partial charge in [0.05, 0.1) is 24.4 Å². The van der Waals surface area contributed by atoms with Crippen LogP contribution < -0.4 is 21.5 Å². The summed E-state index contributed by atoms with van der Waals surface area (Å²) >= 11 is 5.95. The molecule has 0 aliphatic carbocycles. The zero-order valence-corrected chi connectivity index (χ0v) is 17.6. The molecule has 4 N–H and O–H groups in total. The van der Waals surface area contributed by atoms with E-state index in [0.717, 1.165) is 20.6 Å². The average Bonchev–Trinajstić information content (AvgIpc) is 2.69. The third-order valence-corrected chi connectivity index (χ3v) is 6.50. The minimum Gasteiger partial charge on any atom is -0.504 e. The lowest BCUT2D eigenvalue weighted by Gasteiger charge is -2.22. The normalized spacial score (nSPS) is 13.0. The molecule has 0 spiro atoms. The number of phenolic OH excluding ortho intramolecular Hbond substituents is 1. The Bertz CT molecular complexity index is 1060. The molecule has 2 rings (SSSR count). The van der Waals surface area contributed by atoms with Crippen molar-refractivity contribution in [3.8, 4) is 5.75 Å². The van der Waals surface area contributed by atoms with Gasteiger partial charge in [0.15, 0.2) is 5.75 Å². The first-order valence-electron chi connectivity index (χ1n) is 8.62. The average molecular weight is 448 g/mol. The Morgan fingerprint density at radius 2 is 1.86 bits per heavy atom. The quantitative estimate of drug-likeness (QED) is 0.239. The molecule has 0 saturated carbocycles. The second-order valence-electron chi connectivity index (χ2n) is 6.22. The fourth-order valence-corrected chi connectivity index (χ4v) is 4.23. The highest BCUT2D eigenvalue weighted by Crippen LogP contribution is 2.39. The smallest absolute Gasteiger partial charge is 0.269 e. The Hall–Kier alpha value is -2.18. The predicted molar refractivity (Wildman–Crippen MR) is 109 cm³/mol. The van der Waals surface area contributed by atoms with Gasteiger partial charge in [0.1, 0.15) is 16.3 Å². The van der Waals surface area contributed by atoms with Gasteiger partial charge in [-0.2, -0.15) is 0 Å². The standard InChI is InChI=1S/C17H22ClN3O7S/c1-4-5-9(8-22)19-12-13(16(25)15(12)24)20-11-7-6-10(18)17(14(11)23)29(26,27)21(2)28-3/h6-7,9,19-20,22-23H,4-5,8H2,1-3H3. The van der Waals surface area contributed by atoms with Gasteiger partial charge in [0.2, 0.25) is 0 Å². The van der Waals surface area contributed by atoms with Crippen LogP contribution in [-0.2, 0) is 14.9 Å². The lowest BCUT2D eigenvalue weighted by atomic mass is 10.1. The number of benzene rings is 1. The highest BCUT2D eigenvalue weighted by atomic mass is 35.5. The van der Waals surface area contributed by atoms with Gasteiger partial charge >= 0.3 is 0 Å². The van der Waals surface area contributed by atoms with E-state index in [0.29, 0.717) is 10.9 Å². The summed E-state index contributed by atoms with van der Waals surface area (Å²) in [5.41, 5.74) is -1.96. The van der Waals surface area contributed by atoms with Gasteiger partial charge in [-0.1, -0.05) is 29.4 Å². The van der Waals surface area contributed by atoms with Gasteiger partial charge < -0.3 is 20.8 Å². The minimum absolute atomic E-state index is 0.0460. The fourth-order valence-electron chi connectivity index (χ4n) is 2.66. The number of hydrogen-bond donors (Lipinski definition) is 4. The van der Waals surface area contributed by atoms with E-state index in [9.17, 15) is 28.2 Å². The van der Waals surface area contributed by atoms with E-state index in [1.54, 1.807) is 0 Å². The molecule has 12 heteroatoms. The zero-order chi connectivity index (χ0) is 21.9. The predicted octanol–water partition coefficient (Wildman–Crippen LogP) is 1.14. The number of sulfonamides is 1. The Morgan fingerprint density at radius 3 is 2.41 bits per heavy atom. The molecule has 0 amide bonds. The van der Waals surface area contributed by atoms with Crippen LogP contribution in [0, 0.1) is 0 Å². The second-order valence-corrected chi connectivity index (χ2v) is 8.50. The van der Waals surface area contributed by atoms with Gasteiger partial charge in [-0.05, 0) is 18.6 Å². The van der Waals surface area contributed by atoms with Crippen molar-refractivity contribution in [2.45, 2.75) is 30.7 Å². The Balaban J connectivity index is 2.45. The molecular weight excluding hydrogens is 426 g/mol. The van der Waals surface area contributed by atoms with E-state index in [-0.39, 0.29) is 28.7 Å². The molecule has 1 atom stereocenters. The maximum absolute atomic E-state index is 12.5. The largest absolute Gasteiger partial charge is 0.504 e. The molecule has 0 aliphatic rings. The summed E-state index contributed by atoms with van der Waals surface area (Å²) in [6.07, 6.45) is 1.30. The summed E-state index contributed by atoms with van der Waals surface area (Å²) in [7, 11) is -2.05. The molecule has 2 aromatic carbocycles. The summed E-state index contributed by atoms with van der Waals surface area (Å²) in [6.45, 7) is 1.65. The number of aliphatic hydroxyl groups is 1. The SMILES string of the molecule is CCCC(CO)Nc1c(Nc2ccc(Cl)c(S(=O)(=O)N(C)OC)c2O)c(=O)c1=O. The highest BCUT2D eigenvalue weighted by Gasteiger charge is 2.30. The van der Waals surface area contributed by atoms with E-state index in [2.05, 4.69) is 15.5 Å². The third kappa shape index (κ3) is 4.38. The van der Waals surface area contributed by atoms with Crippen LogP contribution in [0.15, 0.2) is 26.6 Å². The van der Waals surface area contributed by atoms with Crippen molar-refractivity contribution in [1.82, 2.24) is 4.47 Å². The number of rotatable bonds is 10. The van der Waals surface area contributed by atoms with Crippen LogP contribution in [0.3, 0.4) is 0 Å². The number of aromatic hydroxyl groups is 1. The van der Waals surface area contributed by atoms with E-state index < -0.39 is 37.6 Å². The number of nitrogens with one attached hydrogen (secondary N) is 2. The van der Waals surface area contributed by atoms with Crippen LogP contribution in [0.5, 0.6) is 5.75 Å². The molecule has 0 aliphatic heterocycles. The maximum atomic E-state index is 12.5. The van der Waals surface area contributed by atoms with Crippen LogP contribution in [0.2, 0.25) is 5.02 Å². The molecule has 160 valence electrons. The lowest BCUT2D eigenvalue weighted by molar-refractivity contribution is -0.0259. The molecule has 0 radical (unpaired) electrons. The second kappa shape index (κ2) is 9.09. The van der Waals surface area contributed by atoms with Crippen molar-refractivity contribution in [3.05, 3.63) is 37.6 Å². The van der Waals surface area contributed by atoms with Crippen molar-refractivity contribution >= 4 is 38.7 Å². The number of hydrogen-bond acceptors (Lipinski definition) is 9. The first-order chi connectivity index (χ1) is 13.6. The number of aliphatic hydroxyl groups excluding tert-OH is 1. The summed E-state index contributed by atoms with van der Waals surface area (Å²) < 4.78 is 25.6. The summed E-state index contributed by atoms with van der Waals surface area (Å²) in [5, 5.41) is 25.0. The molecular formula is C17H22ClN3O7S. The van der Waals surface area contributed by atoms with Crippen molar-refractivity contribution in [3.63, 3.8) is 0 Å². The molecule has 29 heavy (non-hydrogen) atoms. The Kier molecular flexibility index (Phi) is 7.25. The number of phenols is 1. The molecule has 2 aromatic rings. The first kappa shape index (κ1) is 23.1. The van der Waals surface area contributed by atoms with Crippen LogP contribution in [0.25, 0.3) is 0 Å². The van der Waals surface area contributed by atoms with E-state index in [1.165, 1.54) is 12.1 Å². The summed E-state index contributed by atoms with van der Waals surface area (Å²) in [4.78, 5) is 28.0. The minimum atomic E-state index is -4.29. The Morgan fingerprint density at radius 1 is 1.24 bits per heavy atom. The fraction of sp³-hybridized carbons (Fsp3) is 0.412. The molecule has 0 bridgehead atoms. The van der Waals surface area contributed by atoms with Gasteiger partial charge in [-0.15, -0.1) is 0 Å². The molecule has 0 heterocycles. The van der Waals surface area contributed by atoms with Crippen LogP contribution >= 0.6 is 11.6 Å². The van der Waals surface area contributed by atoms with Crippen LogP contribution in [0.4, 0.5) is 17.1 Å². The molecule has 1 unspecified atom stereocenters. The van der Waals surface area contributed by atoms with Gasteiger partial charge in [0, 0.05) is 13.1 Å². The van der Waals surface area contributed by atoms with E-state index in [1.807, 2.05) is 6.92 Å². The van der Waals surface area contributed by atoms with Crippen molar-refractivity contribution < 1.29 is 23.5 Å². The van der Waals surface area contributed by atoms with E-state index >= 15 is 0 Å². The molecule has 0 fully saturated rings. The molecule has 0 aromatic heterocycles. The van der Waals surface area contributed by atoms with Gasteiger partial charge in [0.25, 0.3) is 20.9 Å². The van der Waals surface area contributed by atoms with Crippen molar-refractivity contribution in [2.75, 3.05) is 31.4 Å². The maximum Gasteiger partial charge on any atom is 0.269 e. The molecule has 0 saturated heterocycles. The number of nitrogens with zero attached hydrogens (tertiary/aromatic N) is 1. The summed E-state index contributed by atoms with van der Waals surface area (Å²) in [6, 6.07) is 2.04. The third-order valence-electron chi connectivity index (χ3n) is 4.31. The van der Waals surface area contributed by atoms with Gasteiger partial charge in [-0.25, -0.2) is 8.42 Å². The van der Waals surface area contributed by atoms with E-state index in [4.69, 9.17) is 11.6 Å². The summed E-state index contributed by atoms with van der Waals surface area (Å²) in [5.74, 6) is -0.743. The Labute approximate surface area is 172 Å². The zero-order valence-electron chi connectivity index (χ0n) is 16.0. The van der Waals surface area contributed by atoms with Crippen LogP contribution in [-0.4, -0.2) is 49.9 Å². The van der Waals surface area contributed by atoms with Crippen molar-refractivity contribution in [1.29, 1.82) is 0 Å². The van der Waals surface area contributed by atoms with Gasteiger partial charge in [-0.3, -0.25) is 14.4 Å². The lowest BCUT2D eigenvalue weighted by Crippen LogP contribution is -2.39. The topological polar surface area (TPSA) is 145 Å². The van der Waals surface area contributed by atoms with Crippen LogP contribution in [0.1, 0.15) is 19.8 Å². The highest BCUT2D eigenvalue weighted by molar-refractivity contribution is 7.89.